The summed E-state index contributed by atoms with van der Waals surface area (Å²) in [5.74, 6) is 1.77. The average Bonchev–Trinajstić information content (AvgIpc) is 2.62. The fourth-order valence-corrected chi connectivity index (χ4v) is 2.97. The smallest absolute Gasteiger partial charge is 0.191 e. The number of nitrogens with zero attached hydrogens (tertiary/aromatic N) is 1. The summed E-state index contributed by atoms with van der Waals surface area (Å²) in [6.07, 6.45) is 5.81. The van der Waals surface area contributed by atoms with Gasteiger partial charge < -0.3 is 20.5 Å². The number of aliphatic hydroxyl groups excluding tert-OH is 1. The van der Waals surface area contributed by atoms with Crippen LogP contribution in [0.1, 0.15) is 57.9 Å². The Morgan fingerprint density at radius 3 is 2.76 bits per heavy atom. The molecule has 0 saturated heterocycles. The largest absolute Gasteiger partial charge is 0.494 e. The van der Waals surface area contributed by atoms with Gasteiger partial charge in [0.2, 0.25) is 0 Å². The summed E-state index contributed by atoms with van der Waals surface area (Å²) in [5, 5.41) is 16.4. The topological polar surface area (TPSA) is 65.9 Å². The maximum absolute atomic E-state index is 9.63. The molecule has 1 aromatic rings. The molecule has 0 aliphatic heterocycles. The quantitative estimate of drug-likeness (QED) is 0.384. The van der Waals surface area contributed by atoms with Crippen LogP contribution in [0.5, 0.6) is 5.75 Å². The van der Waals surface area contributed by atoms with Gasteiger partial charge in [-0.15, -0.1) is 0 Å². The molecule has 1 saturated carbocycles. The van der Waals surface area contributed by atoms with Gasteiger partial charge in [-0.3, -0.25) is 0 Å². The van der Waals surface area contributed by atoms with Crippen LogP contribution in [0.25, 0.3) is 0 Å². The molecule has 25 heavy (non-hydrogen) atoms. The normalized spacial score (nSPS) is 21.0. The summed E-state index contributed by atoms with van der Waals surface area (Å²) in [6, 6.07) is 8.57. The molecule has 0 radical (unpaired) electrons. The van der Waals surface area contributed by atoms with Crippen LogP contribution in [0.15, 0.2) is 29.3 Å². The standard InChI is InChI=1S/C20H33N3O2/c1-3-5-13-25-19-8-6-7-16(14-19)15-22-20(21-4-2)23-17-9-11-18(24)12-10-17/h6-8,14,17-18,24H,3-5,9-13,15H2,1-2H3,(H2,21,22,23). The Morgan fingerprint density at radius 1 is 1.24 bits per heavy atom. The molecule has 0 aromatic heterocycles. The van der Waals surface area contributed by atoms with Crippen LogP contribution in [0.3, 0.4) is 0 Å². The number of nitrogens with one attached hydrogen (secondary N) is 2. The number of guanidine groups is 1. The molecule has 0 heterocycles. The summed E-state index contributed by atoms with van der Waals surface area (Å²) >= 11 is 0. The number of ether oxygens (including phenoxy) is 1. The molecular weight excluding hydrogens is 314 g/mol. The second-order valence-electron chi connectivity index (χ2n) is 6.69. The molecule has 0 bridgehead atoms. The number of hydrogen-bond donors (Lipinski definition) is 3. The summed E-state index contributed by atoms with van der Waals surface area (Å²) in [5.41, 5.74) is 1.14. The Balaban J connectivity index is 1.90. The highest BCUT2D eigenvalue weighted by Gasteiger charge is 2.19. The minimum atomic E-state index is -0.131. The fraction of sp³-hybridized carbons (Fsp3) is 0.650. The van der Waals surface area contributed by atoms with Crippen LogP contribution < -0.4 is 15.4 Å². The first-order chi connectivity index (χ1) is 12.2. The van der Waals surface area contributed by atoms with Crippen LogP contribution in [0, 0.1) is 0 Å². The molecule has 0 unspecified atom stereocenters. The van der Waals surface area contributed by atoms with Gasteiger partial charge in [-0.25, -0.2) is 4.99 Å². The van der Waals surface area contributed by atoms with E-state index in [1.807, 2.05) is 12.1 Å². The molecule has 5 nitrogen and oxygen atoms in total. The van der Waals surface area contributed by atoms with Gasteiger partial charge in [0, 0.05) is 12.6 Å². The minimum Gasteiger partial charge on any atom is -0.494 e. The van der Waals surface area contributed by atoms with E-state index in [1.165, 1.54) is 0 Å². The third-order valence-electron chi connectivity index (χ3n) is 4.47. The lowest BCUT2D eigenvalue weighted by Crippen LogP contribution is -2.45. The van der Waals surface area contributed by atoms with Crippen LogP contribution in [-0.2, 0) is 6.54 Å². The van der Waals surface area contributed by atoms with Crippen LogP contribution in [0.2, 0.25) is 0 Å². The van der Waals surface area contributed by atoms with Crippen molar-refractivity contribution in [3.8, 4) is 5.75 Å². The molecule has 1 fully saturated rings. The number of unbranched alkanes of at least 4 members (excludes halogenated alkanes) is 1. The number of aliphatic imine (C=N–C) groups is 1. The minimum absolute atomic E-state index is 0.131. The van der Waals surface area contributed by atoms with Crippen molar-refractivity contribution in [2.24, 2.45) is 4.99 Å². The Kier molecular flexibility index (Phi) is 8.60. The zero-order valence-corrected chi connectivity index (χ0v) is 15.6. The first kappa shape index (κ1) is 19.6. The maximum atomic E-state index is 9.63. The average molecular weight is 348 g/mol. The predicted octanol–water partition coefficient (Wildman–Crippen LogP) is 3.22. The number of rotatable bonds is 8. The number of benzene rings is 1. The van der Waals surface area contributed by atoms with E-state index in [-0.39, 0.29) is 6.10 Å². The van der Waals surface area contributed by atoms with Crippen molar-refractivity contribution in [1.82, 2.24) is 10.6 Å². The number of hydrogen-bond acceptors (Lipinski definition) is 3. The SMILES string of the molecule is CCCCOc1cccc(CN=C(NCC)NC2CCC(O)CC2)c1. The molecule has 5 heteroatoms. The Morgan fingerprint density at radius 2 is 2.04 bits per heavy atom. The first-order valence-corrected chi connectivity index (χ1v) is 9.66. The highest BCUT2D eigenvalue weighted by molar-refractivity contribution is 5.80. The summed E-state index contributed by atoms with van der Waals surface area (Å²) < 4.78 is 5.77. The van der Waals surface area contributed by atoms with Crippen LogP contribution in [-0.4, -0.2) is 36.4 Å². The lowest BCUT2D eigenvalue weighted by atomic mass is 9.93. The van der Waals surface area contributed by atoms with Crippen molar-refractivity contribution in [2.45, 2.75) is 71.1 Å². The van der Waals surface area contributed by atoms with Crippen molar-refractivity contribution in [2.75, 3.05) is 13.2 Å². The maximum Gasteiger partial charge on any atom is 0.191 e. The second kappa shape index (κ2) is 11.0. The molecular formula is C20H33N3O2. The molecule has 2 rings (SSSR count). The summed E-state index contributed by atoms with van der Waals surface area (Å²) in [7, 11) is 0. The van der Waals surface area contributed by atoms with E-state index in [1.54, 1.807) is 0 Å². The molecule has 1 aromatic carbocycles. The zero-order chi connectivity index (χ0) is 17.9. The molecule has 1 aliphatic carbocycles. The van der Waals surface area contributed by atoms with E-state index in [4.69, 9.17) is 9.73 Å². The predicted molar refractivity (Wildman–Crippen MR) is 103 cm³/mol. The Labute approximate surface area is 151 Å². The van der Waals surface area contributed by atoms with E-state index in [9.17, 15) is 5.11 Å². The lowest BCUT2D eigenvalue weighted by Gasteiger charge is -2.27. The van der Waals surface area contributed by atoms with Crippen LogP contribution >= 0.6 is 0 Å². The van der Waals surface area contributed by atoms with Gasteiger partial charge in [0.25, 0.3) is 0 Å². The third kappa shape index (κ3) is 7.34. The van der Waals surface area contributed by atoms with Crippen molar-refractivity contribution in [3.63, 3.8) is 0 Å². The monoisotopic (exact) mass is 347 g/mol. The van der Waals surface area contributed by atoms with Gasteiger partial charge in [0.1, 0.15) is 5.75 Å². The van der Waals surface area contributed by atoms with Crippen molar-refractivity contribution in [1.29, 1.82) is 0 Å². The van der Waals surface area contributed by atoms with Gasteiger partial charge in [0.05, 0.1) is 19.3 Å². The molecule has 1 aliphatic rings. The van der Waals surface area contributed by atoms with Crippen LogP contribution in [0.4, 0.5) is 0 Å². The molecule has 0 spiro atoms. The molecule has 140 valence electrons. The fourth-order valence-electron chi connectivity index (χ4n) is 2.97. The first-order valence-electron chi connectivity index (χ1n) is 9.66. The van der Waals surface area contributed by atoms with E-state index in [0.29, 0.717) is 12.6 Å². The third-order valence-corrected chi connectivity index (χ3v) is 4.47. The van der Waals surface area contributed by atoms with Gasteiger partial charge in [-0.2, -0.15) is 0 Å². The van der Waals surface area contributed by atoms with E-state index in [2.05, 4.69) is 36.6 Å². The molecule has 0 atom stereocenters. The lowest BCUT2D eigenvalue weighted by molar-refractivity contribution is 0.120. The van der Waals surface area contributed by atoms with Gasteiger partial charge in [0.15, 0.2) is 5.96 Å². The van der Waals surface area contributed by atoms with E-state index < -0.39 is 0 Å². The molecule has 0 amide bonds. The van der Waals surface area contributed by atoms with E-state index in [0.717, 1.165) is 68.9 Å². The van der Waals surface area contributed by atoms with Gasteiger partial charge in [-0.05, 0) is 56.7 Å². The van der Waals surface area contributed by atoms with E-state index >= 15 is 0 Å². The van der Waals surface area contributed by atoms with Gasteiger partial charge in [-0.1, -0.05) is 25.5 Å². The zero-order valence-electron chi connectivity index (χ0n) is 15.6. The Bertz CT molecular complexity index is 525. The highest BCUT2D eigenvalue weighted by atomic mass is 16.5. The van der Waals surface area contributed by atoms with Gasteiger partial charge >= 0.3 is 0 Å². The summed E-state index contributed by atoms with van der Waals surface area (Å²) in [6.45, 7) is 6.46. The Hall–Kier alpha value is -1.75. The number of aliphatic hydroxyl groups is 1. The van der Waals surface area contributed by atoms with Crippen molar-refractivity contribution >= 4 is 5.96 Å². The second-order valence-corrected chi connectivity index (χ2v) is 6.69. The van der Waals surface area contributed by atoms with Crippen molar-refractivity contribution < 1.29 is 9.84 Å². The summed E-state index contributed by atoms with van der Waals surface area (Å²) in [4.78, 5) is 4.71. The van der Waals surface area contributed by atoms with Crippen molar-refractivity contribution in [3.05, 3.63) is 29.8 Å². The highest BCUT2D eigenvalue weighted by Crippen LogP contribution is 2.18. The molecule has 3 N–H and O–H groups in total.